The first kappa shape index (κ1) is 25.3. The molecule has 0 saturated carbocycles. The predicted molar refractivity (Wildman–Crippen MR) is 121 cm³/mol. The van der Waals surface area contributed by atoms with E-state index in [4.69, 9.17) is 4.74 Å². The topological polar surface area (TPSA) is 66.8 Å². The van der Waals surface area contributed by atoms with E-state index in [1.807, 2.05) is 32.0 Å². The number of carbonyl (C=O) groups excluding carboxylic acids is 1. The number of hydrogen-bond donors (Lipinski definition) is 1. The number of ether oxygens (including phenoxy) is 1. The molecule has 164 valence electrons. The lowest BCUT2D eigenvalue weighted by Gasteiger charge is -2.30. The van der Waals surface area contributed by atoms with Gasteiger partial charge in [-0.1, -0.05) is 59.2 Å². The highest BCUT2D eigenvalue weighted by Gasteiger charge is 2.29. The molecule has 1 rings (SSSR count). The van der Waals surface area contributed by atoms with Crippen LogP contribution < -0.4 is 4.74 Å². The summed E-state index contributed by atoms with van der Waals surface area (Å²) in [6, 6.07) is 5.30. The average molecular weight is 424 g/mol. The number of benzene rings is 1. The molecule has 0 bridgehead atoms. The fourth-order valence-electron chi connectivity index (χ4n) is 3.11. The number of rotatable bonds is 10. The summed E-state index contributed by atoms with van der Waals surface area (Å²) in [7, 11) is 0. The van der Waals surface area contributed by atoms with Crippen LogP contribution in [0.2, 0.25) is 0 Å². The number of esters is 1. The van der Waals surface area contributed by atoms with E-state index in [1.54, 1.807) is 18.7 Å². The average Bonchev–Trinajstić information content (AvgIpc) is 2.64. The standard InChI is InChI=1S/C23H37NO4S/c1-8-10-14-29-15-16(3)21(25)28-20-18(17(4)24(9-2)22(26)27)12-11-13-19(20)23(5,6)7/h11-13,16-17H,8-10,14-15H2,1-7H3,(H,26,27). The van der Waals surface area contributed by atoms with Crippen molar-refractivity contribution in [2.75, 3.05) is 18.1 Å². The third-order valence-electron chi connectivity index (χ3n) is 4.97. The number of thioether (sulfide) groups is 1. The zero-order valence-electron chi connectivity index (χ0n) is 18.9. The van der Waals surface area contributed by atoms with Crippen molar-refractivity contribution in [3.8, 4) is 5.75 Å². The second-order valence-corrected chi connectivity index (χ2v) is 9.62. The van der Waals surface area contributed by atoms with Crippen LogP contribution in [0.25, 0.3) is 0 Å². The van der Waals surface area contributed by atoms with Crippen LogP contribution in [-0.4, -0.2) is 40.1 Å². The zero-order valence-corrected chi connectivity index (χ0v) is 19.8. The number of unbranched alkanes of at least 4 members (excludes halogenated alkanes) is 1. The molecule has 1 amide bonds. The summed E-state index contributed by atoms with van der Waals surface area (Å²) in [6.45, 7) is 14.2. The van der Waals surface area contributed by atoms with Gasteiger partial charge in [-0.2, -0.15) is 11.8 Å². The monoisotopic (exact) mass is 423 g/mol. The number of carbonyl (C=O) groups is 2. The molecule has 0 saturated heterocycles. The van der Waals surface area contributed by atoms with Gasteiger partial charge in [0.25, 0.3) is 0 Å². The van der Waals surface area contributed by atoms with Crippen molar-refractivity contribution in [3.05, 3.63) is 29.3 Å². The summed E-state index contributed by atoms with van der Waals surface area (Å²) in [5, 5.41) is 9.55. The smallest absolute Gasteiger partial charge is 0.407 e. The maximum Gasteiger partial charge on any atom is 0.407 e. The van der Waals surface area contributed by atoms with E-state index in [2.05, 4.69) is 27.7 Å². The second kappa shape index (κ2) is 11.5. The molecule has 0 radical (unpaired) electrons. The molecule has 0 heterocycles. The van der Waals surface area contributed by atoms with Crippen molar-refractivity contribution in [1.29, 1.82) is 0 Å². The van der Waals surface area contributed by atoms with Crippen LogP contribution in [0.4, 0.5) is 4.79 Å². The Labute approximate surface area is 180 Å². The van der Waals surface area contributed by atoms with Gasteiger partial charge >= 0.3 is 12.1 Å². The summed E-state index contributed by atoms with van der Waals surface area (Å²) >= 11 is 1.77. The molecule has 0 fully saturated rings. The Kier molecular flexibility index (Phi) is 10.0. The van der Waals surface area contributed by atoms with Crippen molar-refractivity contribution in [3.63, 3.8) is 0 Å². The highest BCUT2D eigenvalue weighted by Crippen LogP contribution is 2.39. The van der Waals surface area contributed by atoms with E-state index < -0.39 is 12.1 Å². The third kappa shape index (κ3) is 7.25. The van der Waals surface area contributed by atoms with Gasteiger partial charge in [-0.25, -0.2) is 4.79 Å². The van der Waals surface area contributed by atoms with Gasteiger partial charge in [0, 0.05) is 23.4 Å². The van der Waals surface area contributed by atoms with Gasteiger partial charge in [0.15, 0.2) is 0 Å². The Hall–Kier alpha value is -1.69. The van der Waals surface area contributed by atoms with Crippen LogP contribution in [0, 0.1) is 5.92 Å². The number of nitrogens with zero attached hydrogens (tertiary/aromatic N) is 1. The predicted octanol–water partition coefficient (Wildman–Crippen LogP) is 6.12. The van der Waals surface area contributed by atoms with Gasteiger partial charge in [-0.3, -0.25) is 4.79 Å². The van der Waals surface area contributed by atoms with Crippen LogP contribution in [0.15, 0.2) is 18.2 Å². The minimum Gasteiger partial charge on any atom is -0.465 e. The quantitative estimate of drug-likeness (QED) is 0.279. The number of carboxylic acid groups (broad SMARTS) is 1. The maximum atomic E-state index is 12.8. The Bertz CT molecular complexity index is 684. The Morgan fingerprint density at radius 1 is 1.21 bits per heavy atom. The van der Waals surface area contributed by atoms with Gasteiger partial charge in [-0.05, 0) is 31.4 Å². The summed E-state index contributed by atoms with van der Waals surface area (Å²) in [5.41, 5.74) is 1.38. The van der Waals surface area contributed by atoms with E-state index in [0.717, 1.165) is 35.5 Å². The second-order valence-electron chi connectivity index (χ2n) is 8.47. The minimum atomic E-state index is -0.987. The summed E-state index contributed by atoms with van der Waals surface area (Å²) < 4.78 is 5.95. The van der Waals surface area contributed by atoms with Gasteiger partial charge in [0.2, 0.25) is 0 Å². The first-order valence-corrected chi connectivity index (χ1v) is 11.6. The Morgan fingerprint density at radius 2 is 1.86 bits per heavy atom. The first-order chi connectivity index (χ1) is 13.5. The molecule has 0 aliphatic heterocycles. The van der Waals surface area contributed by atoms with Gasteiger partial charge in [-0.15, -0.1) is 0 Å². The molecule has 1 aromatic carbocycles. The number of hydrogen-bond acceptors (Lipinski definition) is 4. The Balaban J connectivity index is 3.21. The molecule has 0 spiro atoms. The maximum absolute atomic E-state index is 12.8. The fourth-order valence-corrected chi connectivity index (χ4v) is 4.26. The van der Waals surface area contributed by atoms with Crippen LogP contribution in [-0.2, 0) is 10.2 Å². The van der Waals surface area contributed by atoms with Crippen molar-refractivity contribution in [1.82, 2.24) is 4.90 Å². The molecular weight excluding hydrogens is 386 g/mol. The van der Waals surface area contributed by atoms with Crippen molar-refractivity contribution < 1.29 is 19.4 Å². The molecule has 0 aliphatic carbocycles. The summed E-state index contributed by atoms with van der Waals surface area (Å²) in [5.74, 6) is 1.77. The third-order valence-corrected chi connectivity index (χ3v) is 6.29. The van der Waals surface area contributed by atoms with E-state index in [1.165, 1.54) is 4.90 Å². The first-order valence-electron chi connectivity index (χ1n) is 10.5. The molecule has 1 N–H and O–H groups in total. The van der Waals surface area contributed by atoms with Crippen molar-refractivity contribution in [2.24, 2.45) is 5.92 Å². The highest BCUT2D eigenvalue weighted by atomic mass is 32.2. The zero-order chi connectivity index (χ0) is 22.2. The molecule has 29 heavy (non-hydrogen) atoms. The Morgan fingerprint density at radius 3 is 2.38 bits per heavy atom. The number of para-hydroxylation sites is 1. The lowest BCUT2D eigenvalue weighted by molar-refractivity contribution is -0.137. The largest absolute Gasteiger partial charge is 0.465 e. The SMILES string of the molecule is CCCCSCC(C)C(=O)Oc1c(C(C)N(CC)C(=O)O)cccc1C(C)(C)C. The van der Waals surface area contributed by atoms with E-state index in [-0.39, 0.29) is 17.3 Å². The lowest BCUT2D eigenvalue weighted by Crippen LogP contribution is -2.33. The molecular formula is C23H37NO4S. The molecule has 5 nitrogen and oxygen atoms in total. The normalized spacial score (nSPS) is 13.6. The highest BCUT2D eigenvalue weighted by molar-refractivity contribution is 7.99. The molecule has 6 heteroatoms. The van der Waals surface area contributed by atoms with Gasteiger partial charge < -0.3 is 14.7 Å². The van der Waals surface area contributed by atoms with Gasteiger partial charge in [0.1, 0.15) is 5.75 Å². The number of amides is 1. The van der Waals surface area contributed by atoms with Crippen LogP contribution >= 0.6 is 11.8 Å². The molecule has 0 aliphatic rings. The van der Waals surface area contributed by atoms with E-state index >= 15 is 0 Å². The minimum absolute atomic E-state index is 0.227. The summed E-state index contributed by atoms with van der Waals surface area (Å²) in [6.07, 6.45) is 1.30. The van der Waals surface area contributed by atoms with Crippen LogP contribution in [0.3, 0.4) is 0 Å². The molecule has 1 aromatic rings. The van der Waals surface area contributed by atoms with E-state index in [9.17, 15) is 14.7 Å². The van der Waals surface area contributed by atoms with E-state index in [0.29, 0.717) is 12.3 Å². The fraction of sp³-hybridized carbons (Fsp3) is 0.652. The molecule has 0 aromatic heterocycles. The van der Waals surface area contributed by atoms with Crippen LogP contribution in [0.5, 0.6) is 5.75 Å². The van der Waals surface area contributed by atoms with Crippen LogP contribution in [0.1, 0.15) is 78.5 Å². The summed E-state index contributed by atoms with van der Waals surface area (Å²) in [4.78, 5) is 25.8. The molecule has 2 atom stereocenters. The van der Waals surface area contributed by atoms with Gasteiger partial charge in [0.05, 0.1) is 12.0 Å². The molecule has 2 unspecified atom stereocenters. The lowest BCUT2D eigenvalue weighted by atomic mass is 9.84. The van der Waals surface area contributed by atoms with Crippen molar-refractivity contribution >= 4 is 23.8 Å². The van der Waals surface area contributed by atoms with Crippen molar-refractivity contribution in [2.45, 2.75) is 72.8 Å².